The molecule has 0 bridgehead atoms. The first-order valence-electron chi connectivity index (χ1n) is 8.23. The van der Waals surface area contributed by atoms with E-state index in [0.717, 1.165) is 31.1 Å². The summed E-state index contributed by atoms with van der Waals surface area (Å²) in [5.41, 5.74) is 6.49. The van der Waals surface area contributed by atoms with Crippen molar-refractivity contribution < 1.29 is 0 Å². The lowest BCUT2D eigenvalue weighted by Gasteiger charge is -2.27. The number of fused-ring (bicyclic) bond motifs is 1. The van der Waals surface area contributed by atoms with Crippen molar-refractivity contribution in [2.45, 2.75) is 32.7 Å². The molecule has 2 nitrogen and oxygen atoms in total. The summed E-state index contributed by atoms with van der Waals surface area (Å²) >= 11 is 0. The third kappa shape index (κ3) is 2.36. The molecule has 1 fully saturated rings. The Kier molecular flexibility index (Phi) is 3.32. The second-order valence-electron chi connectivity index (χ2n) is 6.67. The van der Waals surface area contributed by atoms with Crippen molar-refractivity contribution >= 4 is 10.9 Å². The highest BCUT2D eigenvalue weighted by molar-refractivity contribution is 5.88. The van der Waals surface area contributed by atoms with Gasteiger partial charge in [-0.3, -0.25) is 4.90 Å². The van der Waals surface area contributed by atoms with E-state index in [0.29, 0.717) is 0 Å². The zero-order valence-electron chi connectivity index (χ0n) is 13.2. The van der Waals surface area contributed by atoms with Gasteiger partial charge in [0, 0.05) is 42.3 Å². The van der Waals surface area contributed by atoms with Crippen LogP contribution in [0.1, 0.15) is 36.0 Å². The van der Waals surface area contributed by atoms with Crippen molar-refractivity contribution in [1.82, 2.24) is 9.88 Å². The van der Waals surface area contributed by atoms with Gasteiger partial charge >= 0.3 is 0 Å². The van der Waals surface area contributed by atoms with Crippen LogP contribution >= 0.6 is 0 Å². The van der Waals surface area contributed by atoms with Crippen molar-refractivity contribution in [2.75, 3.05) is 13.1 Å². The van der Waals surface area contributed by atoms with Gasteiger partial charge in [0.1, 0.15) is 0 Å². The van der Waals surface area contributed by atoms with Gasteiger partial charge in [0.05, 0.1) is 0 Å². The van der Waals surface area contributed by atoms with Crippen LogP contribution in [0.3, 0.4) is 0 Å². The predicted molar refractivity (Wildman–Crippen MR) is 91.7 cm³/mol. The van der Waals surface area contributed by atoms with E-state index in [4.69, 9.17) is 6.42 Å². The predicted octanol–water partition coefficient (Wildman–Crippen LogP) is 4.00. The normalized spacial score (nSPS) is 19.2. The molecule has 0 amide bonds. The van der Waals surface area contributed by atoms with Gasteiger partial charge in [0.15, 0.2) is 0 Å². The second-order valence-corrected chi connectivity index (χ2v) is 6.67. The molecule has 0 spiro atoms. The summed E-state index contributed by atoms with van der Waals surface area (Å²) in [5.74, 6) is 3.80. The van der Waals surface area contributed by atoms with Crippen LogP contribution in [0.5, 0.6) is 0 Å². The average Bonchev–Trinajstić information content (AvgIpc) is 3.27. The van der Waals surface area contributed by atoms with Crippen molar-refractivity contribution in [2.24, 2.45) is 5.92 Å². The fraction of sp³-hybridized carbons (Fsp3) is 0.400. The van der Waals surface area contributed by atoms with Gasteiger partial charge in [-0.1, -0.05) is 17.6 Å². The Hall–Kier alpha value is -1.98. The summed E-state index contributed by atoms with van der Waals surface area (Å²) in [6.07, 6.45) is 14.3. The third-order valence-corrected chi connectivity index (χ3v) is 5.12. The fourth-order valence-corrected chi connectivity index (χ4v) is 3.69. The molecule has 0 unspecified atom stereocenters. The lowest BCUT2D eigenvalue weighted by atomic mass is 9.98. The first kappa shape index (κ1) is 13.7. The molecule has 2 heteroatoms. The van der Waals surface area contributed by atoms with Gasteiger partial charge in [-0.25, -0.2) is 0 Å². The van der Waals surface area contributed by atoms with Crippen molar-refractivity contribution in [3.8, 4) is 12.3 Å². The van der Waals surface area contributed by atoms with Crippen LogP contribution in [0.2, 0.25) is 0 Å². The lowest BCUT2D eigenvalue weighted by molar-refractivity contribution is 0.284. The molecule has 1 aliphatic heterocycles. The Labute approximate surface area is 132 Å². The number of aromatic amines is 1. The number of H-pyrrole nitrogens is 1. The molecule has 1 saturated carbocycles. The van der Waals surface area contributed by atoms with Crippen LogP contribution in [0.25, 0.3) is 10.9 Å². The number of nitrogens with one attached hydrogen (secondary N) is 1. The van der Waals surface area contributed by atoms with Crippen LogP contribution in [0, 0.1) is 25.2 Å². The van der Waals surface area contributed by atoms with Crippen molar-refractivity contribution in [1.29, 1.82) is 0 Å². The van der Waals surface area contributed by atoms with Crippen LogP contribution in [0.4, 0.5) is 0 Å². The van der Waals surface area contributed by atoms with Gasteiger partial charge in [-0.15, -0.1) is 6.42 Å². The molecule has 4 rings (SSSR count). The number of hydrogen-bond donors (Lipinski definition) is 1. The molecule has 22 heavy (non-hydrogen) atoms. The van der Waals surface area contributed by atoms with Crippen LogP contribution < -0.4 is 0 Å². The Morgan fingerprint density at radius 2 is 2.27 bits per heavy atom. The average molecular weight is 290 g/mol. The van der Waals surface area contributed by atoms with E-state index in [1.807, 2.05) is 6.20 Å². The molecule has 112 valence electrons. The molecule has 2 aliphatic rings. The minimum atomic E-state index is 0.916. The minimum Gasteiger partial charge on any atom is -0.361 e. The number of aromatic nitrogens is 1. The largest absolute Gasteiger partial charge is 0.361 e. The Morgan fingerprint density at radius 3 is 2.95 bits per heavy atom. The van der Waals surface area contributed by atoms with Crippen molar-refractivity contribution in [3.63, 3.8) is 0 Å². The monoisotopic (exact) mass is 290 g/mol. The number of benzene rings is 1. The first-order valence-corrected chi connectivity index (χ1v) is 8.23. The molecule has 1 N–H and O–H groups in total. The highest BCUT2D eigenvalue weighted by Gasteiger charge is 2.27. The number of aryl methyl sites for hydroxylation is 1. The van der Waals surface area contributed by atoms with Crippen LogP contribution in [-0.4, -0.2) is 23.0 Å². The van der Waals surface area contributed by atoms with Gasteiger partial charge < -0.3 is 4.98 Å². The number of nitrogens with zero attached hydrogens (tertiary/aromatic N) is 1. The van der Waals surface area contributed by atoms with Gasteiger partial charge in [-0.05, 0) is 55.4 Å². The Bertz CT molecular complexity index is 784. The molecular formula is C20H22N2. The fourth-order valence-electron chi connectivity index (χ4n) is 3.69. The van der Waals surface area contributed by atoms with E-state index in [1.165, 1.54) is 41.3 Å². The lowest BCUT2D eigenvalue weighted by Crippen LogP contribution is -2.29. The first-order chi connectivity index (χ1) is 10.8. The smallest absolute Gasteiger partial charge is 0.0487 e. The van der Waals surface area contributed by atoms with E-state index < -0.39 is 0 Å². The molecule has 1 aromatic heterocycles. The summed E-state index contributed by atoms with van der Waals surface area (Å²) in [5, 5.41) is 1.28. The zero-order chi connectivity index (χ0) is 15.1. The van der Waals surface area contributed by atoms with E-state index in [2.05, 4.69) is 40.9 Å². The molecule has 0 saturated heterocycles. The highest BCUT2D eigenvalue weighted by atomic mass is 15.1. The minimum absolute atomic E-state index is 0.916. The molecule has 1 aromatic carbocycles. The highest BCUT2D eigenvalue weighted by Crippen LogP contribution is 2.39. The quantitative estimate of drug-likeness (QED) is 0.668. The summed E-state index contributed by atoms with van der Waals surface area (Å²) in [6.45, 7) is 5.29. The number of hydrogen-bond acceptors (Lipinski definition) is 1. The summed E-state index contributed by atoms with van der Waals surface area (Å²) in [6, 6.07) is 4.30. The van der Waals surface area contributed by atoms with Crippen molar-refractivity contribution in [3.05, 3.63) is 46.7 Å². The molecule has 0 radical (unpaired) electrons. The van der Waals surface area contributed by atoms with E-state index in [1.54, 1.807) is 5.57 Å². The maximum atomic E-state index is 5.76. The summed E-state index contributed by atoms with van der Waals surface area (Å²) < 4.78 is 0. The van der Waals surface area contributed by atoms with Crippen LogP contribution in [0.15, 0.2) is 30.0 Å². The third-order valence-electron chi connectivity index (χ3n) is 5.12. The SMILES string of the molecule is C#Cc1cc(C)c2[nH]ccc2c1CN1CC=C(C2CC2)CC1. The van der Waals surface area contributed by atoms with E-state index in [9.17, 15) is 0 Å². The van der Waals surface area contributed by atoms with Crippen LogP contribution in [-0.2, 0) is 6.54 Å². The zero-order valence-corrected chi connectivity index (χ0v) is 13.2. The topological polar surface area (TPSA) is 19.0 Å². The molecule has 0 atom stereocenters. The number of rotatable bonds is 3. The maximum Gasteiger partial charge on any atom is 0.0487 e. The molecule has 2 heterocycles. The molecule has 2 aromatic rings. The Morgan fingerprint density at radius 1 is 1.41 bits per heavy atom. The summed E-state index contributed by atoms with van der Waals surface area (Å²) in [4.78, 5) is 5.87. The Balaban J connectivity index is 1.63. The van der Waals surface area contributed by atoms with E-state index in [-0.39, 0.29) is 0 Å². The van der Waals surface area contributed by atoms with Gasteiger partial charge in [-0.2, -0.15) is 0 Å². The van der Waals surface area contributed by atoms with Gasteiger partial charge in [0.2, 0.25) is 0 Å². The molecular weight excluding hydrogens is 268 g/mol. The molecule has 1 aliphatic carbocycles. The van der Waals surface area contributed by atoms with E-state index >= 15 is 0 Å². The second kappa shape index (κ2) is 5.34. The standard InChI is InChI=1S/C20H22N2/c1-3-15-12-14(2)20-18(6-9-21-20)19(15)13-22-10-7-17(8-11-22)16-4-5-16/h1,6-7,9,12,16,21H,4-5,8,10-11,13H2,2H3. The maximum absolute atomic E-state index is 5.76. The summed E-state index contributed by atoms with van der Waals surface area (Å²) in [7, 11) is 0. The van der Waals surface area contributed by atoms with Gasteiger partial charge in [0.25, 0.3) is 0 Å². The number of terminal acetylenes is 1.